The van der Waals surface area contributed by atoms with E-state index in [2.05, 4.69) is 34.1 Å². The highest BCUT2D eigenvalue weighted by Crippen LogP contribution is 2.33. The molecule has 144 valence electrons. The molecular weight excluding hydrogens is 358 g/mol. The predicted octanol–water partition coefficient (Wildman–Crippen LogP) is 4.00. The van der Waals surface area contributed by atoms with E-state index < -0.39 is 0 Å². The zero-order chi connectivity index (χ0) is 17.8. The molecule has 6 heteroatoms. The number of hydrogen-bond donors (Lipinski definition) is 2. The number of aromatic amines is 1. The molecule has 0 saturated heterocycles. The molecule has 0 saturated carbocycles. The molecule has 0 radical (unpaired) electrons. The number of unbranched alkanes of at least 4 members (excludes halogenated alkanes) is 1. The number of fused-ring (bicyclic) bond motifs is 2. The normalized spacial score (nSPS) is 16.3. The highest BCUT2D eigenvalue weighted by atomic mass is 35.5. The molecule has 2 heterocycles. The Bertz CT molecular complexity index is 829. The topological polar surface area (TPSA) is 70.8 Å². The molecule has 0 aliphatic heterocycles. The average Bonchev–Trinajstić information content (AvgIpc) is 3.09. The first-order valence-electron chi connectivity index (χ1n) is 9.66. The standard InChI is InChI=1S/C21H27N5.ClH/c22-12-3-4-14-26(15-20-24-17-9-1-2-10-18(17)25-20)19-11-5-7-16-8-6-13-23-21(16)19;/h1-2,6,8-10,13,19H,3-5,7,11-12,14-15,22H2,(H,24,25);1H/t19-;/m0./s1. The molecule has 0 bridgehead atoms. The fraction of sp³-hybridized carbons (Fsp3) is 0.429. The lowest BCUT2D eigenvalue weighted by Gasteiger charge is -2.34. The first-order chi connectivity index (χ1) is 12.8. The third kappa shape index (κ3) is 4.49. The van der Waals surface area contributed by atoms with Gasteiger partial charge in [0.25, 0.3) is 0 Å². The molecule has 1 aliphatic rings. The lowest BCUT2D eigenvalue weighted by atomic mass is 9.90. The van der Waals surface area contributed by atoms with E-state index >= 15 is 0 Å². The van der Waals surface area contributed by atoms with Crippen molar-refractivity contribution in [1.29, 1.82) is 0 Å². The third-order valence-electron chi connectivity index (χ3n) is 5.30. The molecule has 4 rings (SSSR count). The van der Waals surface area contributed by atoms with Crippen LogP contribution < -0.4 is 5.73 Å². The number of imidazole rings is 1. The Morgan fingerprint density at radius 2 is 2.04 bits per heavy atom. The molecule has 3 N–H and O–H groups in total. The van der Waals surface area contributed by atoms with Gasteiger partial charge in [-0.3, -0.25) is 9.88 Å². The van der Waals surface area contributed by atoms with Gasteiger partial charge < -0.3 is 10.7 Å². The van der Waals surface area contributed by atoms with E-state index in [1.54, 1.807) is 0 Å². The second kappa shape index (κ2) is 9.31. The Kier molecular flexibility index (Phi) is 6.83. The fourth-order valence-corrected chi connectivity index (χ4v) is 4.02. The molecule has 1 aromatic carbocycles. The minimum atomic E-state index is 0. The highest BCUT2D eigenvalue weighted by molar-refractivity contribution is 5.85. The molecule has 0 unspecified atom stereocenters. The first-order valence-corrected chi connectivity index (χ1v) is 9.66. The number of aromatic nitrogens is 3. The van der Waals surface area contributed by atoms with Gasteiger partial charge >= 0.3 is 0 Å². The minimum Gasteiger partial charge on any atom is -0.341 e. The number of rotatable bonds is 7. The number of hydrogen-bond acceptors (Lipinski definition) is 4. The van der Waals surface area contributed by atoms with Crippen LogP contribution in [0.3, 0.4) is 0 Å². The van der Waals surface area contributed by atoms with Crippen LogP contribution >= 0.6 is 12.4 Å². The maximum absolute atomic E-state index is 5.72. The van der Waals surface area contributed by atoms with E-state index in [0.717, 1.165) is 62.2 Å². The molecular formula is C21H28ClN5. The Morgan fingerprint density at radius 1 is 1.15 bits per heavy atom. The SMILES string of the molecule is Cl.NCCCCN(Cc1nc2ccccc2[nH]1)[C@H]1CCCc2cccnc21. The minimum absolute atomic E-state index is 0. The van der Waals surface area contributed by atoms with Crippen molar-refractivity contribution in [2.75, 3.05) is 13.1 Å². The number of halogens is 1. The number of nitrogens with two attached hydrogens (primary N) is 1. The average molecular weight is 386 g/mol. The van der Waals surface area contributed by atoms with Crippen LogP contribution in [-0.4, -0.2) is 32.9 Å². The Labute approximate surface area is 166 Å². The summed E-state index contributed by atoms with van der Waals surface area (Å²) in [7, 11) is 0. The number of aryl methyl sites for hydroxylation is 1. The summed E-state index contributed by atoms with van der Waals surface area (Å²) in [6.07, 6.45) is 7.61. The van der Waals surface area contributed by atoms with Gasteiger partial charge in [-0.05, 0) is 69.0 Å². The summed E-state index contributed by atoms with van der Waals surface area (Å²) in [5.74, 6) is 1.03. The van der Waals surface area contributed by atoms with Gasteiger partial charge in [0.2, 0.25) is 0 Å². The Morgan fingerprint density at radius 3 is 2.89 bits per heavy atom. The molecule has 1 atom stereocenters. The van der Waals surface area contributed by atoms with E-state index in [4.69, 9.17) is 15.7 Å². The third-order valence-corrected chi connectivity index (χ3v) is 5.30. The summed E-state index contributed by atoms with van der Waals surface area (Å²) >= 11 is 0. The van der Waals surface area contributed by atoms with E-state index in [-0.39, 0.29) is 12.4 Å². The monoisotopic (exact) mass is 385 g/mol. The molecule has 2 aromatic heterocycles. The smallest absolute Gasteiger partial charge is 0.121 e. The summed E-state index contributed by atoms with van der Waals surface area (Å²) in [6.45, 7) is 2.59. The van der Waals surface area contributed by atoms with Gasteiger partial charge in [-0.1, -0.05) is 18.2 Å². The predicted molar refractivity (Wildman–Crippen MR) is 112 cm³/mol. The number of pyridine rings is 1. The molecule has 0 fully saturated rings. The van der Waals surface area contributed by atoms with Crippen molar-refractivity contribution in [2.24, 2.45) is 5.73 Å². The second-order valence-corrected chi connectivity index (χ2v) is 7.12. The van der Waals surface area contributed by atoms with Crippen LogP contribution in [0.25, 0.3) is 11.0 Å². The first kappa shape index (κ1) is 19.8. The molecule has 0 amide bonds. The summed E-state index contributed by atoms with van der Waals surface area (Å²) in [6, 6.07) is 12.9. The number of para-hydroxylation sites is 2. The van der Waals surface area contributed by atoms with Crippen LogP contribution in [0.1, 0.15) is 48.8 Å². The van der Waals surface area contributed by atoms with Crippen molar-refractivity contribution in [1.82, 2.24) is 19.9 Å². The summed E-state index contributed by atoms with van der Waals surface area (Å²) in [5.41, 5.74) is 10.5. The highest BCUT2D eigenvalue weighted by Gasteiger charge is 2.27. The number of benzene rings is 1. The van der Waals surface area contributed by atoms with Crippen LogP contribution in [0.2, 0.25) is 0 Å². The van der Waals surface area contributed by atoms with E-state index in [1.807, 2.05) is 18.3 Å². The zero-order valence-corrected chi connectivity index (χ0v) is 16.4. The number of H-pyrrole nitrogens is 1. The van der Waals surface area contributed by atoms with Crippen LogP contribution in [0.5, 0.6) is 0 Å². The van der Waals surface area contributed by atoms with E-state index in [9.17, 15) is 0 Å². The van der Waals surface area contributed by atoms with E-state index in [0.29, 0.717) is 6.04 Å². The zero-order valence-electron chi connectivity index (χ0n) is 15.6. The number of nitrogens with zero attached hydrogens (tertiary/aromatic N) is 3. The molecule has 0 spiro atoms. The van der Waals surface area contributed by atoms with Gasteiger partial charge in [-0.15, -0.1) is 12.4 Å². The second-order valence-electron chi connectivity index (χ2n) is 7.12. The van der Waals surface area contributed by atoms with Gasteiger partial charge in [-0.25, -0.2) is 4.98 Å². The van der Waals surface area contributed by atoms with Crippen LogP contribution in [0.4, 0.5) is 0 Å². The fourth-order valence-electron chi connectivity index (χ4n) is 4.02. The summed E-state index contributed by atoms with van der Waals surface area (Å²) < 4.78 is 0. The van der Waals surface area contributed by atoms with Gasteiger partial charge in [0.05, 0.1) is 29.3 Å². The summed E-state index contributed by atoms with van der Waals surface area (Å²) in [4.78, 5) is 15.5. The molecule has 3 aromatic rings. The van der Waals surface area contributed by atoms with Crippen molar-refractivity contribution in [3.8, 4) is 0 Å². The lowest BCUT2D eigenvalue weighted by molar-refractivity contribution is 0.159. The van der Waals surface area contributed by atoms with E-state index in [1.165, 1.54) is 17.7 Å². The summed E-state index contributed by atoms with van der Waals surface area (Å²) in [5, 5.41) is 0. The quantitative estimate of drug-likeness (QED) is 0.603. The van der Waals surface area contributed by atoms with Crippen LogP contribution in [0.15, 0.2) is 42.6 Å². The Hall–Kier alpha value is -1.95. The molecule has 1 aliphatic carbocycles. The van der Waals surface area contributed by atoms with Crippen molar-refractivity contribution in [3.63, 3.8) is 0 Å². The van der Waals surface area contributed by atoms with Crippen molar-refractivity contribution in [3.05, 3.63) is 59.7 Å². The Balaban J connectivity index is 0.00000210. The van der Waals surface area contributed by atoms with Gasteiger partial charge in [0, 0.05) is 6.20 Å². The molecule has 5 nitrogen and oxygen atoms in total. The van der Waals surface area contributed by atoms with Crippen molar-refractivity contribution < 1.29 is 0 Å². The van der Waals surface area contributed by atoms with Crippen LogP contribution in [0, 0.1) is 0 Å². The molecule has 27 heavy (non-hydrogen) atoms. The van der Waals surface area contributed by atoms with Gasteiger partial charge in [0.15, 0.2) is 0 Å². The van der Waals surface area contributed by atoms with Gasteiger partial charge in [0.1, 0.15) is 5.82 Å². The van der Waals surface area contributed by atoms with Crippen molar-refractivity contribution >= 4 is 23.4 Å². The number of nitrogens with one attached hydrogen (secondary N) is 1. The largest absolute Gasteiger partial charge is 0.341 e. The van der Waals surface area contributed by atoms with Crippen molar-refractivity contribution in [2.45, 2.75) is 44.7 Å². The van der Waals surface area contributed by atoms with Crippen LogP contribution in [-0.2, 0) is 13.0 Å². The maximum Gasteiger partial charge on any atom is 0.121 e. The lowest BCUT2D eigenvalue weighted by Crippen LogP contribution is -2.33. The maximum atomic E-state index is 5.72. The van der Waals surface area contributed by atoms with Gasteiger partial charge in [-0.2, -0.15) is 0 Å².